The van der Waals surface area contributed by atoms with Crippen molar-refractivity contribution in [3.05, 3.63) is 0 Å². The van der Waals surface area contributed by atoms with Crippen LogP contribution in [0.25, 0.3) is 0 Å². The molecule has 5 nitrogen and oxygen atoms in total. The summed E-state index contributed by atoms with van der Waals surface area (Å²) >= 11 is 2.11. The average Bonchev–Trinajstić information content (AvgIpc) is 2.57. The van der Waals surface area contributed by atoms with Crippen LogP contribution in [0.5, 0.6) is 0 Å². The molecular formula is C15H29N5S. The van der Waals surface area contributed by atoms with Gasteiger partial charge < -0.3 is 10.2 Å². The molecule has 1 N–H and O–H groups in total. The van der Waals surface area contributed by atoms with E-state index in [4.69, 9.17) is 0 Å². The molecular weight excluding hydrogens is 282 g/mol. The van der Waals surface area contributed by atoms with Crippen molar-refractivity contribution >= 4 is 17.7 Å². The summed E-state index contributed by atoms with van der Waals surface area (Å²) in [6.45, 7) is 11.8. The van der Waals surface area contributed by atoms with Crippen LogP contribution in [0.1, 0.15) is 13.3 Å². The largest absolute Gasteiger partial charge is 0.355 e. The van der Waals surface area contributed by atoms with Crippen LogP contribution < -0.4 is 5.32 Å². The molecule has 2 unspecified atom stereocenters. The van der Waals surface area contributed by atoms with Crippen LogP contribution in [-0.2, 0) is 0 Å². The molecule has 4 saturated heterocycles. The van der Waals surface area contributed by atoms with Gasteiger partial charge in [-0.3, -0.25) is 14.8 Å². The number of nitrogens with zero attached hydrogens (tertiary/aromatic N) is 4. The van der Waals surface area contributed by atoms with Crippen LogP contribution in [-0.4, -0.2) is 97.1 Å². The SMILES string of the molecule is CCC1CN(C(=NC)NCC2CN3CCN2CC3)CCS1. The molecule has 0 radical (unpaired) electrons. The highest BCUT2D eigenvalue weighted by Crippen LogP contribution is 2.21. The van der Waals surface area contributed by atoms with E-state index >= 15 is 0 Å². The second kappa shape index (κ2) is 7.20. The molecule has 0 aromatic carbocycles. The summed E-state index contributed by atoms with van der Waals surface area (Å²) < 4.78 is 0. The number of guanidine groups is 1. The Morgan fingerprint density at radius 3 is 2.62 bits per heavy atom. The lowest BCUT2D eigenvalue weighted by Gasteiger charge is -2.47. The zero-order valence-corrected chi connectivity index (χ0v) is 14.2. The summed E-state index contributed by atoms with van der Waals surface area (Å²) in [7, 11) is 1.92. The van der Waals surface area contributed by atoms with Crippen molar-refractivity contribution in [1.82, 2.24) is 20.0 Å². The van der Waals surface area contributed by atoms with Crippen LogP contribution >= 0.6 is 11.8 Å². The zero-order valence-electron chi connectivity index (χ0n) is 13.4. The molecule has 120 valence electrons. The smallest absolute Gasteiger partial charge is 0.193 e. The highest BCUT2D eigenvalue weighted by molar-refractivity contribution is 8.00. The Balaban J connectivity index is 1.51. The molecule has 6 heteroatoms. The van der Waals surface area contributed by atoms with E-state index in [9.17, 15) is 0 Å². The van der Waals surface area contributed by atoms with E-state index in [0.717, 1.165) is 30.8 Å². The minimum atomic E-state index is 0.658. The van der Waals surface area contributed by atoms with Gasteiger partial charge in [0, 0.05) is 76.5 Å². The maximum Gasteiger partial charge on any atom is 0.193 e. The molecule has 4 rings (SSSR count). The third kappa shape index (κ3) is 3.66. The van der Waals surface area contributed by atoms with Gasteiger partial charge in [-0.05, 0) is 6.42 Å². The molecule has 0 spiro atoms. The van der Waals surface area contributed by atoms with Crippen molar-refractivity contribution in [2.75, 3.05) is 65.2 Å². The fraction of sp³-hybridized carbons (Fsp3) is 0.933. The van der Waals surface area contributed by atoms with Crippen LogP contribution in [0.2, 0.25) is 0 Å². The van der Waals surface area contributed by atoms with E-state index in [1.165, 1.54) is 44.9 Å². The van der Waals surface area contributed by atoms with Gasteiger partial charge in [-0.1, -0.05) is 6.92 Å². The number of rotatable bonds is 3. The predicted octanol–water partition coefficient (Wildman–Crippen LogP) is 0.389. The normalized spacial score (nSPS) is 36.9. The van der Waals surface area contributed by atoms with Crippen LogP contribution in [0.4, 0.5) is 0 Å². The summed E-state index contributed by atoms with van der Waals surface area (Å²) in [5.74, 6) is 2.33. The summed E-state index contributed by atoms with van der Waals surface area (Å²) in [4.78, 5) is 12.2. The predicted molar refractivity (Wildman–Crippen MR) is 91.3 cm³/mol. The van der Waals surface area contributed by atoms with E-state index in [1.807, 2.05) is 7.05 Å². The Hall–Kier alpha value is -0.460. The quantitative estimate of drug-likeness (QED) is 0.602. The number of hydrogen-bond acceptors (Lipinski definition) is 4. The first-order valence-corrected chi connectivity index (χ1v) is 9.38. The molecule has 0 amide bonds. The van der Waals surface area contributed by atoms with Crippen LogP contribution in [0, 0.1) is 0 Å². The maximum atomic E-state index is 4.52. The molecule has 4 fully saturated rings. The first-order valence-electron chi connectivity index (χ1n) is 8.33. The van der Waals surface area contributed by atoms with Crippen molar-refractivity contribution in [3.8, 4) is 0 Å². The Kier molecular flexibility index (Phi) is 5.29. The van der Waals surface area contributed by atoms with E-state index < -0.39 is 0 Å². The summed E-state index contributed by atoms with van der Waals surface area (Å²) in [6, 6.07) is 0.658. The highest BCUT2D eigenvalue weighted by Gasteiger charge is 2.32. The summed E-state index contributed by atoms with van der Waals surface area (Å²) in [5, 5.41) is 4.40. The van der Waals surface area contributed by atoms with E-state index in [0.29, 0.717) is 6.04 Å². The molecule has 4 aliphatic heterocycles. The first kappa shape index (κ1) is 15.4. The fourth-order valence-electron chi connectivity index (χ4n) is 3.62. The van der Waals surface area contributed by atoms with Gasteiger partial charge in [0.1, 0.15) is 0 Å². The molecule has 0 aromatic rings. The van der Waals surface area contributed by atoms with Crippen molar-refractivity contribution in [2.45, 2.75) is 24.6 Å². The standard InChI is InChI=1S/C15H29N5S/c1-3-14-12-20(8-9-21-14)15(16-2)17-10-13-11-18-4-6-19(13)7-5-18/h13-14H,3-12H2,1-2H3,(H,16,17). The van der Waals surface area contributed by atoms with Crippen LogP contribution in [0.3, 0.4) is 0 Å². The van der Waals surface area contributed by atoms with E-state index in [-0.39, 0.29) is 0 Å². The third-order valence-corrected chi connectivity index (χ3v) is 6.37. The molecule has 2 atom stereocenters. The van der Waals surface area contributed by atoms with Crippen molar-refractivity contribution in [2.24, 2.45) is 4.99 Å². The van der Waals surface area contributed by atoms with Crippen molar-refractivity contribution in [1.29, 1.82) is 0 Å². The minimum Gasteiger partial charge on any atom is -0.355 e. The second-order valence-corrected chi connectivity index (χ2v) is 7.67. The molecule has 0 saturated carbocycles. The fourth-order valence-corrected chi connectivity index (χ4v) is 4.80. The Morgan fingerprint density at radius 2 is 2.00 bits per heavy atom. The molecule has 21 heavy (non-hydrogen) atoms. The summed E-state index contributed by atoms with van der Waals surface area (Å²) in [6.07, 6.45) is 1.25. The van der Waals surface area contributed by atoms with Gasteiger partial charge in [-0.25, -0.2) is 0 Å². The Morgan fingerprint density at radius 1 is 1.19 bits per heavy atom. The van der Waals surface area contributed by atoms with E-state index in [2.05, 4.69) is 43.7 Å². The Labute approximate surface area is 133 Å². The number of nitrogens with one attached hydrogen (secondary N) is 1. The average molecular weight is 311 g/mol. The molecule has 0 aromatic heterocycles. The molecule has 0 aliphatic carbocycles. The molecule has 4 aliphatic rings. The van der Waals surface area contributed by atoms with Crippen molar-refractivity contribution in [3.63, 3.8) is 0 Å². The van der Waals surface area contributed by atoms with Gasteiger partial charge in [-0.15, -0.1) is 0 Å². The number of fused-ring (bicyclic) bond motifs is 3. The van der Waals surface area contributed by atoms with Gasteiger partial charge in [-0.2, -0.15) is 11.8 Å². The lowest BCUT2D eigenvalue weighted by atomic mass is 10.1. The number of hydrogen-bond donors (Lipinski definition) is 1. The summed E-state index contributed by atoms with van der Waals surface area (Å²) in [5.41, 5.74) is 0. The third-order valence-electron chi connectivity index (χ3n) is 4.99. The number of aliphatic imine (C=N–C) groups is 1. The van der Waals surface area contributed by atoms with Gasteiger partial charge in [0.05, 0.1) is 0 Å². The van der Waals surface area contributed by atoms with Gasteiger partial charge in [0.2, 0.25) is 0 Å². The maximum absolute atomic E-state index is 4.52. The topological polar surface area (TPSA) is 34.1 Å². The second-order valence-electron chi connectivity index (χ2n) is 6.27. The minimum absolute atomic E-state index is 0.658. The Bertz CT molecular complexity index is 367. The number of thioether (sulfide) groups is 1. The molecule has 2 bridgehead atoms. The lowest BCUT2D eigenvalue weighted by molar-refractivity contribution is 0.0152. The molecule has 4 heterocycles. The van der Waals surface area contributed by atoms with Crippen molar-refractivity contribution < 1.29 is 0 Å². The zero-order chi connectivity index (χ0) is 14.7. The monoisotopic (exact) mass is 311 g/mol. The van der Waals surface area contributed by atoms with Gasteiger partial charge >= 0.3 is 0 Å². The lowest BCUT2D eigenvalue weighted by Crippen LogP contribution is -2.64. The van der Waals surface area contributed by atoms with E-state index in [1.54, 1.807) is 0 Å². The number of piperazine rings is 3. The highest BCUT2D eigenvalue weighted by atomic mass is 32.2. The van der Waals surface area contributed by atoms with Gasteiger partial charge in [0.25, 0.3) is 0 Å². The van der Waals surface area contributed by atoms with Crippen LogP contribution in [0.15, 0.2) is 4.99 Å². The van der Waals surface area contributed by atoms with Gasteiger partial charge in [0.15, 0.2) is 5.96 Å². The first-order chi connectivity index (χ1) is 10.3.